The van der Waals surface area contributed by atoms with Crippen LogP contribution < -0.4 is 0 Å². The summed E-state index contributed by atoms with van der Waals surface area (Å²) in [4.78, 5) is 12.5. The molecule has 0 aliphatic rings. The van der Waals surface area contributed by atoms with Crippen LogP contribution in [0.1, 0.15) is 67.9 Å². The Kier molecular flexibility index (Phi) is 7.66. The van der Waals surface area contributed by atoms with Gasteiger partial charge in [0, 0.05) is 5.56 Å². The van der Waals surface area contributed by atoms with Gasteiger partial charge in [0.05, 0.1) is 6.61 Å². The van der Waals surface area contributed by atoms with Crippen molar-refractivity contribution >= 4 is 5.78 Å². The summed E-state index contributed by atoms with van der Waals surface area (Å²) in [5.41, 5.74) is 2.94. The Bertz CT molecular complexity index is 451. The Hall–Kier alpha value is -1.15. The Labute approximate surface area is 129 Å². The smallest absolute Gasteiger partial charge is 0.191 e. The second-order valence-corrected chi connectivity index (χ2v) is 6.07. The van der Waals surface area contributed by atoms with Gasteiger partial charge in [-0.05, 0) is 44.7 Å². The van der Waals surface area contributed by atoms with E-state index in [4.69, 9.17) is 4.74 Å². The summed E-state index contributed by atoms with van der Waals surface area (Å²) in [5, 5.41) is 0. The molecule has 0 heterocycles. The summed E-state index contributed by atoms with van der Waals surface area (Å²) in [6.45, 7) is 11.0. The van der Waals surface area contributed by atoms with Crippen molar-refractivity contribution in [2.45, 2.75) is 66.4 Å². The van der Waals surface area contributed by atoms with Gasteiger partial charge >= 0.3 is 0 Å². The number of rotatable bonds is 9. The molecule has 0 saturated heterocycles. The maximum atomic E-state index is 12.5. The molecule has 0 bridgehead atoms. The fourth-order valence-electron chi connectivity index (χ4n) is 2.47. The molecule has 2 heteroatoms. The third kappa shape index (κ3) is 5.62. The average Bonchev–Trinajstić information content (AvgIpc) is 2.49. The first-order valence-electron chi connectivity index (χ1n) is 8.22. The molecule has 1 aromatic rings. The van der Waals surface area contributed by atoms with Gasteiger partial charge in [0.2, 0.25) is 0 Å². The van der Waals surface area contributed by atoms with Gasteiger partial charge in [-0.3, -0.25) is 4.79 Å². The Balaban J connectivity index is 2.60. The molecule has 0 saturated carbocycles. The fourth-order valence-corrected chi connectivity index (χ4v) is 2.47. The van der Waals surface area contributed by atoms with Crippen LogP contribution in [0.5, 0.6) is 0 Å². The molecule has 0 aromatic heterocycles. The highest BCUT2D eigenvalue weighted by atomic mass is 16.5. The highest BCUT2D eigenvalue weighted by Crippen LogP contribution is 2.17. The second kappa shape index (κ2) is 8.99. The standard InChI is InChI=1S/C19H30O2/c1-6-8-9-17(7-2)13-21-16(5)19(20)18-12-14(3)10-11-15(18)4/h10-12,16-17H,6-9,13H2,1-5H3. The van der Waals surface area contributed by atoms with Crippen LogP contribution in [0.3, 0.4) is 0 Å². The Morgan fingerprint density at radius 2 is 1.95 bits per heavy atom. The molecule has 1 aromatic carbocycles. The summed E-state index contributed by atoms with van der Waals surface area (Å²) in [7, 11) is 0. The normalized spacial score (nSPS) is 14.0. The van der Waals surface area contributed by atoms with Crippen LogP contribution in [0.4, 0.5) is 0 Å². The first-order chi connectivity index (χ1) is 9.99. The number of Topliss-reactive ketones (excluding diaryl/α,β-unsaturated/α-hetero) is 1. The summed E-state index contributed by atoms with van der Waals surface area (Å²) < 4.78 is 5.85. The van der Waals surface area contributed by atoms with E-state index in [0.717, 1.165) is 23.1 Å². The molecule has 0 amide bonds. The lowest BCUT2D eigenvalue weighted by molar-refractivity contribution is 0.0321. The SMILES string of the molecule is CCCCC(CC)COC(C)C(=O)c1cc(C)ccc1C. The Morgan fingerprint density at radius 3 is 2.57 bits per heavy atom. The fraction of sp³-hybridized carbons (Fsp3) is 0.632. The first kappa shape index (κ1) is 17.9. The number of benzene rings is 1. The van der Waals surface area contributed by atoms with Crippen LogP contribution >= 0.6 is 0 Å². The van der Waals surface area contributed by atoms with Crippen LogP contribution in [0.2, 0.25) is 0 Å². The predicted octanol–water partition coefficient (Wildman–Crippen LogP) is 5.11. The summed E-state index contributed by atoms with van der Waals surface area (Å²) in [5.74, 6) is 0.667. The second-order valence-electron chi connectivity index (χ2n) is 6.07. The summed E-state index contributed by atoms with van der Waals surface area (Å²) in [6, 6.07) is 6.01. The van der Waals surface area contributed by atoms with Crippen molar-refractivity contribution in [3.63, 3.8) is 0 Å². The molecule has 2 nitrogen and oxygen atoms in total. The lowest BCUT2D eigenvalue weighted by atomic mass is 9.98. The molecule has 0 fully saturated rings. The maximum absolute atomic E-state index is 12.5. The van der Waals surface area contributed by atoms with Gasteiger partial charge in [0.1, 0.15) is 6.10 Å². The van der Waals surface area contributed by atoms with Crippen molar-refractivity contribution < 1.29 is 9.53 Å². The van der Waals surface area contributed by atoms with Crippen LogP contribution in [0.25, 0.3) is 0 Å². The van der Waals surface area contributed by atoms with Crippen molar-refractivity contribution in [1.82, 2.24) is 0 Å². The van der Waals surface area contributed by atoms with Crippen LogP contribution in [-0.2, 0) is 4.74 Å². The van der Waals surface area contributed by atoms with E-state index < -0.39 is 0 Å². The van der Waals surface area contributed by atoms with Crippen molar-refractivity contribution in [3.8, 4) is 0 Å². The minimum atomic E-state index is -0.360. The number of ether oxygens (including phenoxy) is 1. The molecule has 118 valence electrons. The number of carbonyl (C=O) groups excluding carboxylic acids is 1. The molecule has 0 aliphatic heterocycles. The quantitative estimate of drug-likeness (QED) is 0.591. The molecule has 1 rings (SSSR count). The zero-order valence-electron chi connectivity index (χ0n) is 14.2. The molecule has 0 spiro atoms. The highest BCUT2D eigenvalue weighted by molar-refractivity contribution is 6.00. The molecular formula is C19H30O2. The number of hydrogen-bond donors (Lipinski definition) is 0. The van der Waals surface area contributed by atoms with E-state index in [1.807, 2.05) is 39.0 Å². The van der Waals surface area contributed by atoms with Gasteiger partial charge < -0.3 is 4.74 Å². The maximum Gasteiger partial charge on any atom is 0.191 e. The molecule has 0 N–H and O–H groups in total. The zero-order chi connectivity index (χ0) is 15.8. The highest BCUT2D eigenvalue weighted by Gasteiger charge is 2.19. The van der Waals surface area contributed by atoms with Crippen molar-refractivity contribution in [3.05, 3.63) is 34.9 Å². The predicted molar refractivity (Wildman–Crippen MR) is 89.0 cm³/mol. The molecular weight excluding hydrogens is 260 g/mol. The molecule has 2 unspecified atom stereocenters. The van der Waals surface area contributed by atoms with Crippen molar-refractivity contribution in [1.29, 1.82) is 0 Å². The average molecular weight is 290 g/mol. The molecule has 21 heavy (non-hydrogen) atoms. The summed E-state index contributed by atoms with van der Waals surface area (Å²) >= 11 is 0. The minimum absolute atomic E-state index is 0.0987. The van der Waals surface area contributed by atoms with Gasteiger partial charge in [0.15, 0.2) is 5.78 Å². The van der Waals surface area contributed by atoms with Gasteiger partial charge in [-0.1, -0.05) is 50.8 Å². The largest absolute Gasteiger partial charge is 0.370 e. The molecule has 0 radical (unpaired) electrons. The van der Waals surface area contributed by atoms with Gasteiger partial charge in [0.25, 0.3) is 0 Å². The van der Waals surface area contributed by atoms with E-state index in [2.05, 4.69) is 13.8 Å². The third-order valence-corrected chi connectivity index (χ3v) is 4.15. The molecule has 2 atom stereocenters. The minimum Gasteiger partial charge on any atom is -0.370 e. The van der Waals surface area contributed by atoms with Gasteiger partial charge in [-0.25, -0.2) is 0 Å². The van der Waals surface area contributed by atoms with Gasteiger partial charge in [-0.2, -0.15) is 0 Å². The van der Waals surface area contributed by atoms with E-state index in [1.54, 1.807) is 0 Å². The zero-order valence-corrected chi connectivity index (χ0v) is 14.2. The molecule has 0 aliphatic carbocycles. The third-order valence-electron chi connectivity index (χ3n) is 4.15. The lowest BCUT2D eigenvalue weighted by Gasteiger charge is -2.19. The van der Waals surface area contributed by atoms with Crippen LogP contribution in [0.15, 0.2) is 18.2 Å². The monoisotopic (exact) mass is 290 g/mol. The van der Waals surface area contributed by atoms with E-state index >= 15 is 0 Å². The number of ketones is 1. The Morgan fingerprint density at radius 1 is 1.24 bits per heavy atom. The topological polar surface area (TPSA) is 26.3 Å². The number of carbonyl (C=O) groups is 1. The summed E-state index contributed by atoms with van der Waals surface area (Å²) in [6.07, 6.45) is 4.40. The van der Waals surface area contributed by atoms with Gasteiger partial charge in [-0.15, -0.1) is 0 Å². The van der Waals surface area contributed by atoms with Crippen molar-refractivity contribution in [2.75, 3.05) is 6.61 Å². The van der Waals surface area contributed by atoms with Crippen molar-refractivity contribution in [2.24, 2.45) is 5.92 Å². The number of aryl methyl sites for hydroxylation is 2. The van der Waals surface area contributed by atoms with E-state index in [9.17, 15) is 4.79 Å². The first-order valence-corrected chi connectivity index (χ1v) is 8.22. The number of unbranched alkanes of at least 4 members (excludes halogenated alkanes) is 1. The number of hydrogen-bond acceptors (Lipinski definition) is 2. The van der Waals surface area contributed by atoms with E-state index in [0.29, 0.717) is 12.5 Å². The van der Waals surface area contributed by atoms with Crippen LogP contribution in [-0.4, -0.2) is 18.5 Å². The van der Waals surface area contributed by atoms with E-state index in [-0.39, 0.29) is 11.9 Å². The van der Waals surface area contributed by atoms with Crippen LogP contribution in [0, 0.1) is 19.8 Å². The lowest BCUT2D eigenvalue weighted by Crippen LogP contribution is -2.24. The van der Waals surface area contributed by atoms with E-state index in [1.165, 1.54) is 19.3 Å².